The van der Waals surface area contributed by atoms with Crippen molar-refractivity contribution in [2.24, 2.45) is 0 Å². The summed E-state index contributed by atoms with van der Waals surface area (Å²) in [7, 11) is 0. The van der Waals surface area contributed by atoms with Gasteiger partial charge in [0.05, 0.1) is 5.56 Å². The molecule has 1 aromatic rings. The van der Waals surface area contributed by atoms with Gasteiger partial charge in [-0.1, -0.05) is 18.2 Å². The summed E-state index contributed by atoms with van der Waals surface area (Å²) in [4.78, 5) is 22.0. The highest BCUT2D eigenvalue weighted by Crippen LogP contribution is 2.24. The van der Waals surface area contributed by atoms with Crippen LogP contribution >= 0.6 is 0 Å². The Labute approximate surface area is 88.1 Å². The highest BCUT2D eigenvalue weighted by atomic mass is 16.5. The van der Waals surface area contributed by atoms with E-state index in [2.05, 4.69) is 0 Å². The first kappa shape index (κ1) is 9.90. The molecule has 1 aliphatic rings. The average molecular weight is 204 g/mol. The molecule has 15 heavy (non-hydrogen) atoms. The Bertz CT molecular complexity index is 409. The number of cyclic esters (lactones) is 1. The molecule has 1 aliphatic heterocycles. The van der Waals surface area contributed by atoms with Gasteiger partial charge in [-0.25, -0.2) is 4.79 Å². The molecule has 0 fully saturated rings. The SMILES string of the molecule is Cc1cccc2c1C(=O)OC(CC=O)C2. The van der Waals surface area contributed by atoms with Crippen molar-refractivity contribution in [3.63, 3.8) is 0 Å². The quantitative estimate of drug-likeness (QED) is 0.543. The van der Waals surface area contributed by atoms with Gasteiger partial charge in [-0.15, -0.1) is 0 Å². The maximum atomic E-state index is 11.7. The summed E-state index contributed by atoms with van der Waals surface area (Å²) in [5.74, 6) is -0.304. The second-order valence-corrected chi connectivity index (χ2v) is 3.74. The molecule has 1 aromatic carbocycles. The molecule has 1 heterocycles. The summed E-state index contributed by atoms with van der Waals surface area (Å²) >= 11 is 0. The van der Waals surface area contributed by atoms with Crippen molar-refractivity contribution < 1.29 is 14.3 Å². The topological polar surface area (TPSA) is 43.4 Å². The number of aryl methyl sites for hydroxylation is 1. The number of ether oxygens (including phenoxy) is 1. The zero-order chi connectivity index (χ0) is 10.8. The minimum absolute atomic E-state index is 0.277. The van der Waals surface area contributed by atoms with Crippen LogP contribution in [0, 0.1) is 6.92 Å². The summed E-state index contributed by atoms with van der Waals surface area (Å²) < 4.78 is 5.16. The lowest BCUT2D eigenvalue weighted by atomic mass is 9.94. The third kappa shape index (κ3) is 1.77. The number of esters is 1. The van der Waals surface area contributed by atoms with E-state index in [-0.39, 0.29) is 18.5 Å². The monoisotopic (exact) mass is 204 g/mol. The third-order valence-corrected chi connectivity index (χ3v) is 2.64. The van der Waals surface area contributed by atoms with Crippen LogP contribution in [0.5, 0.6) is 0 Å². The Morgan fingerprint density at radius 1 is 1.53 bits per heavy atom. The highest BCUT2D eigenvalue weighted by molar-refractivity contribution is 5.93. The van der Waals surface area contributed by atoms with Gasteiger partial charge in [-0.05, 0) is 18.1 Å². The lowest BCUT2D eigenvalue weighted by Crippen LogP contribution is -2.28. The van der Waals surface area contributed by atoms with E-state index in [0.29, 0.717) is 12.0 Å². The van der Waals surface area contributed by atoms with E-state index in [1.165, 1.54) is 0 Å². The van der Waals surface area contributed by atoms with E-state index in [1.54, 1.807) is 0 Å². The largest absolute Gasteiger partial charge is 0.458 e. The van der Waals surface area contributed by atoms with Gasteiger partial charge < -0.3 is 9.53 Å². The Morgan fingerprint density at radius 2 is 2.33 bits per heavy atom. The van der Waals surface area contributed by atoms with Crippen molar-refractivity contribution in [2.45, 2.75) is 25.9 Å². The number of carbonyl (C=O) groups is 2. The highest BCUT2D eigenvalue weighted by Gasteiger charge is 2.26. The molecule has 0 bridgehead atoms. The minimum atomic E-state index is -0.304. The second-order valence-electron chi connectivity index (χ2n) is 3.74. The maximum absolute atomic E-state index is 11.7. The molecule has 0 N–H and O–H groups in total. The molecule has 0 radical (unpaired) electrons. The van der Waals surface area contributed by atoms with Crippen molar-refractivity contribution in [1.29, 1.82) is 0 Å². The predicted molar refractivity (Wildman–Crippen MR) is 54.8 cm³/mol. The molecular formula is C12H12O3. The van der Waals surface area contributed by atoms with E-state index in [4.69, 9.17) is 4.74 Å². The fraction of sp³-hybridized carbons (Fsp3) is 0.333. The fourth-order valence-electron chi connectivity index (χ4n) is 1.93. The van der Waals surface area contributed by atoms with Crippen LogP contribution < -0.4 is 0 Å². The first-order chi connectivity index (χ1) is 7.22. The van der Waals surface area contributed by atoms with E-state index in [1.807, 2.05) is 25.1 Å². The molecule has 0 spiro atoms. The van der Waals surface area contributed by atoms with Crippen molar-refractivity contribution in [2.75, 3.05) is 0 Å². The van der Waals surface area contributed by atoms with Gasteiger partial charge in [-0.3, -0.25) is 0 Å². The third-order valence-electron chi connectivity index (χ3n) is 2.64. The smallest absolute Gasteiger partial charge is 0.338 e. The van der Waals surface area contributed by atoms with Gasteiger partial charge in [0, 0.05) is 12.8 Å². The van der Waals surface area contributed by atoms with Crippen LogP contribution in [-0.2, 0) is 16.0 Å². The van der Waals surface area contributed by atoms with Crippen LogP contribution in [0.15, 0.2) is 18.2 Å². The number of benzene rings is 1. The number of hydrogen-bond acceptors (Lipinski definition) is 3. The van der Waals surface area contributed by atoms with Gasteiger partial charge in [0.2, 0.25) is 0 Å². The lowest BCUT2D eigenvalue weighted by Gasteiger charge is -2.24. The molecule has 0 saturated heterocycles. The van der Waals surface area contributed by atoms with Gasteiger partial charge in [-0.2, -0.15) is 0 Å². The number of aldehydes is 1. The Hall–Kier alpha value is -1.64. The number of fused-ring (bicyclic) bond motifs is 1. The Kier molecular flexibility index (Phi) is 2.54. The molecule has 0 amide bonds. The zero-order valence-electron chi connectivity index (χ0n) is 8.53. The molecule has 1 atom stereocenters. The molecule has 0 aromatic heterocycles. The Balaban J connectivity index is 2.36. The van der Waals surface area contributed by atoms with E-state index >= 15 is 0 Å². The van der Waals surface area contributed by atoms with Crippen LogP contribution in [0.25, 0.3) is 0 Å². The van der Waals surface area contributed by atoms with Gasteiger partial charge in [0.25, 0.3) is 0 Å². The molecule has 78 valence electrons. The summed E-state index contributed by atoms with van der Waals surface area (Å²) in [6.07, 6.45) is 1.42. The summed E-state index contributed by atoms with van der Waals surface area (Å²) in [6, 6.07) is 5.73. The molecule has 0 aliphatic carbocycles. The summed E-state index contributed by atoms with van der Waals surface area (Å²) in [5.41, 5.74) is 2.58. The van der Waals surface area contributed by atoms with Gasteiger partial charge in [0.1, 0.15) is 12.4 Å². The first-order valence-corrected chi connectivity index (χ1v) is 4.95. The fourth-order valence-corrected chi connectivity index (χ4v) is 1.93. The van der Waals surface area contributed by atoms with Crippen molar-refractivity contribution in [1.82, 2.24) is 0 Å². The Morgan fingerprint density at radius 3 is 3.07 bits per heavy atom. The molecular weight excluding hydrogens is 192 g/mol. The first-order valence-electron chi connectivity index (χ1n) is 4.95. The summed E-state index contributed by atoms with van der Waals surface area (Å²) in [5, 5.41) is 0. The second kappa shape index (κ2) is 3.85. The van der Waals surface area contributed by atoms with Crippen molar-refractivity contribution in [3.05, 3.63) is 34.9 Å². The maximum Gasteiger partial charge on any atom is 0.338 e. The van der Waals surface area contributed by atoms with Crippen molar-refractivity contribution >= 4 is 12.3 Å². The molecule has 2 rings (SSSR count). The molecule has 3 nitrogen and oxygen atoms in total. The normalized spacial score (nSPS) is 19.3. The average Bonchev–Trinajstić information content (AvgIpc) is 2.17. The molecule has 0 saturated carbocycles. The number of carbonyl (C=O) groups excluding carboxylic acids is 2. The van der Waals surface area contributed by atoms with Crippen molar-refractivity contribution in [3.8, 4) is 0 Å². The van der Waals surface area contributed by atoms with Crippen LogP contribution in [0.3, 0.4) is 0 Å². The predicted octanol–water partition coefficient (Wildman–Crippen LogP) is 1.67. The molecule has 3 heteroatoms. The number of hydrogen-bond donors (Lipinski definition) is 0. The van der Waals surface area contributed by atoms with Crippen LogP contribution in [0.2, 0.25) is 0 Å². The number of rotatable bonds is 2. The van der Waals surface area contributed by atoms with Crippen LogP contribution in [0.1, 0.15) is 27.9 Å². The van der Waals surface area contributed by atoms with Crippen LogP contribution in [-0.4, -0.2) is 18.4 Å². The van der Waals surface area contributed by atoms with E-state index in [9.17, 15) is 9.59 Å². The standard InChI is InChI=1S/C12H12O3/c1-8-3-2-4-9-7-10(5-6-13)15-12(14)11(8)9/h2-4,6,10H,5,7H2,1H3. The van der Waals surface area contributed by atoms with E-state index < -0.39 is 0 Å². The lowest BCUT2D eigenvalue weighted by molar-refractivity contribution is -0.109. The molecule has 1 unspecified atom stereocenters. The van der Waals surface area contributed by atoms with Crippen LogP contribution in [0.4, 0.5) is 0 Å². The minimum Gasteiger partial charge on any atom is -0.458 e. The summed E-state index contributed by atoms with van der Waals surface area (Å²) in [6.45, 7) is 1.89. The van der Waals surface area contributed by atoms with E-state index in [0.717, 1.165) is 17.4 Å². The zero-order valence-corrected chi connectivity index (χ0v) is 8.53. The van der Waals surface area contributed by atoms with Gasteiger partial charge >= 0.3 is 5.97 Å². The van der Waals surface area contributed by atoms with Gasteiger partial charge in [0.15, 0.2) is 0 Å².